The smallest absolute Gasteiger partial charge is 0.267 e. The van der Waals surface area contributed by atoms with Gasteiger partial charge in [0.1, 0.15) is 11.5 Å². The molecule has 7 heteroatoms. The van der Waals surface area contributed by atoms with Crippen LogP contribution >= 0.6 is 0 Å². The van der Waals surface area contributed by atoms with Crippen LogP contribution in [-0.4, -0.2) is 21.8 Å². The van der Waals surface area contributed by atoms with Gasteiger partial charge in [-0.25, -0.2) is 9.37 Å². The van der Waals surface area contributed by atoms with Crippen molar-refractivity contribution in [1.82, 2.24) is 20.8 Å². The Morgan fingerprint density at radius 2 is 1.52 bits per heavy atom. The first kappa shape index (κ1) is 14.6. The van der Waals surface area contributed by atoms with Gasteiger partial charge in [-0.1, -0.05) is 12.1 Å². The maximum Gasteiger partial charge on any atom is 0.289 e. The number of para-hydroxylation sites is 2. The lowest BCUT2D eigenvalue weighted by Gasteiger charge is -2.07. The zero-order valence-electron chi connectivity index (χ0n) is 11.8. The minimum Gasteiger partial charge on any atom is -0.267 e. The number of amides is 2. The molecule has 23 heavy (non-hydrogen) atoms. The molecule has 0 unspecified atom stereocenters. The third-order valence-corrected chi connectivity index (χ3v) is 3.08. The van der Waals surface area contributed by atoms with Gasteiger partial charge in [0.15, 0.2) is 0 Å². The van der Waals surface area contributed by atoms with Gasteiger partial charge in [0, 0.05) is 5.56 Å². The number of nitrogens with zero attached hydrogens (tertiary/aromatic N) is 2. The number of hydrogen-bond acceptors (Lipinski definition) is 4. The number of carbonyl (C=O) groups excluding carboxylic acids is 2. The predicted octanol–water partition coefficient (Wildman–Crippen LogP) is 1.84. The summed E-state index contributed by atoms with van der Waals surface area (Å²) in [6, 6.07) is 12.1. The molecule has 0 radical (unpaired) electrons. The molecule has 0 aliphatic heterocycles. The van der Waals surface area contributed by atoms with E-state index in [0.717, 1.165) is 12.1 Å². The van der Waals surface area contributed by atoms with E-state index in [9.17, 15) is 14.0 Å². The van der Waals surface area contributed by atoms with Gasteiger partial charge in [0.25, 0.3) is 11.8 Å². The number of carbonyl (C=O) groups is 2. The molecule has 0 fully saturated rings. The van der Waals surface area contributed by atoms with Gasteiger partial charge in [-0.15, -0.1) is 0 Å². The van der Waals surface area contributed by atoms with Gasteiger partial charge in [0.05, 0.1) is 17.2 Å². The average Bonchev–Trinajstić information content (AvgIpc) is 2.59. The molecule has 0 aliphatic carbocycles. The van der Waals surface area contributed by atoms with E-state index in [4.69, 9.17) is 0 Å². The van der Waals surface area contributed by atoms with E-state index >= 15 is 0 Å². The topological polar surface area (TPSA) is 84.0 Å². The molecule has 114 valence electrons. The summed E-state index contributed by atoms with van der Waals surface area (Å²) in [5, 5.41) is 0. The number of rotatable bonds is 2. The van der Waals surface area contributed by atoms with E-state index in [1.165, 1.54) is 18.3 Å². The van der Waals surface area contributed by atoms with Crippen LogP contribution in [0.1, 0.15) is 20.8 Å². The molecule has 3 rings (SSSR count). The highest BCUT2D eigenvalue weighted by Crippen LogP contribution is 2.08. The Morgan fingerprint density at radius 3 is 2.26 bits per heavy atom. The molecule has 0 saturated carbocycles. The molecule has 2 aromatic carbocycles. The summed E-state index contributed by atoms with van der Waals surface area (Å²) in [7, 11) is 0. The lowest BCUT2D eigenvalue weighted by Crippen LogP contribution is -2.42. The van der Waals surface area contributed by atoms with E-state index in [0.29, 0.717) is 11.0 Å². The highest BCUT2D eigenvalue weighted by atomic mass is 19.1. The largest absolute Gasteiger partial charge is 0.289 e. The molecular formula is C16H11FN4O2. The van der Waals surface area contributed by atoms with Gasteiger partial charge in [-0.2, -0.15) is 0 Å². The molecule has 0 bridgehead atoms. The van der Waals surface area contributed by atoms with Crippen molar-refractivity contribution in [3.8, 4) is 0 Å². The Balaban J connectivity index is 1.68. The fourth-order valence-corrected chi connectivity index (χ4v) is 1.92. The van der Waals surface area contributed by atoms with Gasteiger partial charge >= 0.3 is 0 Å². The van der Waals surface area contributed by atoms with Crippen LogP contribution < -0.4 is 10.9 Å². The fourth-order valence-electron chi connectivity index (χ4n) is 1.92. The van der Waals surface area contributed by atoms with E-state index in [2.05, 4.69) is 20.8 Å². The van der Waals surface area contributed by atoms with E-state index in [1.54, 1.807) is 18.2 Å². The number of benzene rings is 2. The Labute approximate surface area is 130 Å². The number of aromatic nitrogens is 2. The zero-order valence-corrected chi connectivity index (χ0v) is 11.8. The van der Waals surface area contributed by atoms with Crippen molar-refractivity contribution in [2.75, 3.05) is 0 Å². The third kappa shape index (κ3) is 3.29. The molecule has 2 amide bonds. The second kappa shape index (κ2) is 6.18. The van der Waals surface area contributed by atoms with Gasteiger partial charge in [0.2, 0.25) is 0 Å². The maximum absolute atomic E-state index is 12.8. The Bertz CT molecular complexity index is 881. The first-order valence-corrected chi connectivity index (χ1v) is 6.71. The van der Waals surface area contributed by atoms with Gasteiger partial charge < -0.3 is 0 Å². The molecule has 0 spiro atoms. The number of hydrazine groups is 1. The van der Waals surface area contributed by atoms with Crippen LogP contribution in [-0.2, 0) is 0 Å². The summed E-state index contributed by atoms with van der Waals surface area (Å²) in [5.74, 6) is -1.61. The SMILES string of the molecule is O=C(NNC(=O)c1cnc2ccccc2n1)c1ccc(F)cc1. The Kier molecular flexibility index (Phi) is 3.92. The molecule has 2 N–H and O–H groups in total. The zero-order chi connectivity index (χ0) is 16.2. The molecule has 1 aromatic heterocycles. The van der Waals surface area contributed by atoms with Crippen molar-refractivity contribution in [3.05, 3.63) is 71.8 Å². The summed E-state index contributed by atoms with van der Waals surface area (Å²) in [6.07, 6.45) is 1.32. The summed E-state index contributed by atoms with van der Waals surface area (Å²) in [5.41, 5.74) is 6.01. The monoisotopic (exact) mass is 310 g/mol. The van der Waals surface area contributed by atoms with Crippen molar-refractivity contribution in [2.24, 2.45) is 0 Å². The van der Waals surface area contributed by atoms with Crippen LogP contribution in [0.5, 0.6) is 0 Å². The molecular weight excluding hydrogens is 299 g/mol. The van der Waals surface area contributed by atoms with Crippen LogP contribution in [0, 0.1) is 5.82 Å². The van der Waals surface area contributed by atoms with Gasteiger partial charge in [-0.3, -0.25) is 25.4 Å². The van der Waals surface area contributed by atoms with Gasteiger partial charge in [-0.05, 0) is 36.4 Å². The summed E-state index contributed by atoms with van der Waals surface area (Å²) < 4.78 is 12.8. The quantitative estimate of drug-likeness (QED) is 0.707. The highest BCUT2D eigenvalue weighted by molar-refractivity contribution is 5.98. The van der Waals surface area contributed by atoms with Crippen LogP contribution in [0.25, 0.3) is 11.0 Å². The van der Waals surface area contributed by atoms with Crippen molar-refractivity contribution in [3.63, 3.8) is 0 Å². The van der Waals surface area contributed by atoms with Crippen LogP contribution in [0.3, 0.4) is 0 Å². The standard InChI is InChI=1S/C16H11FN4O2/c17-11-7-5-10(6-8-11)15(22)20-21-16(23)14-9-18-12-3-1-2-4-13(12)19-14/h1-9H,(H,20,22)(H,21,23). The fraction of sp³-hybridized carbons (Fsp3) is 0. The van der Waals surface area contributed by atoms with Crippen LogP contribution in [0.15, 0.2) is 54.7 Å². The summed E-state index contributed by atoms with van der Waals surface area (Å²) >= 11 is 0. The molecule has 6 nitrogen and oxygen atoms in total. The minimum absolute atomic E-state index is 0.0723. The lowest BCUT2D eigenvalue weighted by molar-refractivity contribution is 0.0844. The number of nitrogens with one attached hydrogen (secondary N) is 2. The van der Waals surface area contributed by atoms with Crippen molar-refractivity contribution < 1.29 is 14.0 Å². The van der Waals surface area contributed by atoms with Crippen molar-refractivity contribution >= 4 is 22.8 Å². The predicted molar refractivity (Wildman–Crippen MR) is 80.9 cm³/mol. The van der Waals surface area contributed by atoms with E-state index in [1.807, 2.05) is 6.07 Å². The number of fused-ring (bicyclic) bond motifs is 1. The van der Waals surface area contributed by atoms with Crippen LogP contribution in [0.2, 0.25) is 0 Å². The second-order valence-electron chi connectivity index (χ2n) is 4.66. The first-order valence-electron chi connectivity index (χ1n) is 6.71. The summed E-state index contributed by atoms with van der Waals surface area (Å²) in [6.45, 7) is 0. The van der Waals surface area contributed by atoms with Crippen LogP contribution in [0.4, 0.5) is 4.39 Å². The average molecular weight is 310 g/mol. The molecule has 0 atom stereocenters. The van der Waals surface area contributed by atoms with Crippen molar-refractivity contribution in [1.29, 1.82) is 0 Å². The van der Waals surface area contributed by atoms with Crippen molar-refractivity contribution in [2.45, 2.75) is 0 Å². The lowest BCUT2D eigenvalue weighted by atomic mass is 10.2. The normalized spacial score (nSPS) is 10.3. The molecule has 1 heterocycles. The number of halogens is 1. The molecule has 0 aliphatic rings. The highest BCUT2D eigenvalue weighted by Gasteiger charge is 2.11. The second-order valence-corrected chi connectivity index (χ2v) is 4.66. The number of hydrogen-bond donors (Lipinski definition) is 2. The molecule has 0 saturated heterocycles. The maximum atomic E-state index is 12.8. The Morgan fingerprint density at radius 1 is 0.870 bits per heavy atom. The molecule has 3 aromatic rings. The van der Waals surface area contributed by atoms with E-state index < -0.39 is 17.6 Å². The van der Waals surface area contributed by atoms with E-state index in [-0.39, 0.29) is 11.3 Å². The summed E-state index contributed by atoms with van der Waals surface area (Å²) in [4.78, 5) is 32.1. The Hall–Kier alpha value is -3.35. The third-order valence-electron chi connectivity index (χ3n) is 3.08. The first-order chi connectivity index (χ1) is 11.1. The minimum atomic E-state index is -0.598.